The van der Waals surface area contributed by atoms with Gasteiger partial charge in [-0.15, -0.1) is 0 Å². The van der Waals surface area contributed by atoms with Crippen molar-refractivity contribution in [2.75, 3.05) is 26.7 Å². The summed E-state index contributed by atoms with van der Waals surface area (Å²) in [7, 11) is 2.14. The molecule has 2 aromatic rings. The first-order valence-corrected chi connectivity index (χ1v) is 9.89. The number of likely N-dealkylation sites (N-methyl/N-ethyl adjacent to an activating group) is 1. The molecule has 1 fully saturated rings. The number of hydrogen-bond donors (Lipinski definition) is 0. The van der Waals surface area contributed by atoms with E-state index in [4.69, 9.17) is 4.98 Å². The van der Waals surface area contributed by atoms with E-state index in [0.717, 1.165) is 57.0 Å². The van der Waals surface area contributed by atoms with Gasteiger partial charge < -0.3 is 9.80 Å². The SMILES string of the molecule is Cc1ccnn1CCC(=O)N1CCC(c2ncc3c(n2)CCN(C)C3)CC1. The van der Waals surface area contributed by atoms with Crippen LogP contribution in [-0.2, 0) is 24.3 Å². The maximum atomic E-state index is 12.5. The highest BCUT2D eigenvalue weighted by Crippen LogP contribution is 2.27. The van der Waals surface area contributed by atoms with E-state index in [9.17, 15) is 4.79 Å². The summed E-state index contributed by atoms with van der Waals surface area (Å²) in [5, 5.41) is 4.25. The number of carbonyl (C=O) groups is 1. The Labute approximate surface area is 160 Å². The van der Waals surface area contributed by atoms with Gasteiger partial charge in [-0.05, 0) is 32.9 Å². The molecule has 4 heterocycles. The third-order valence-corrected chi connectivity index (χ3v) is 5.82. The van der Waals surface area contributed by atoms with Crippen LogP contribution in [0.2, 0.25) is 0 Å². The number of fused-ring (bicyclic) bond motifs is 1. The molecule has 0 aromatic carbocycles. The van der Waals surface area contributed by atoms with Crippen molar-refractivity contribution >= 4 is 5.91 Å². The zero-order valence-electron chi connectivity index (χ0n) is 16.3. The number of aromatic nitrogens is 4. The van der Waals surface area contributed by atoms with Crippen molar-refractivity contribution in [1.82, 2.24) is 29.5 Å². The minimum Gasteiger partial charge on any atom is -0.343 e. The number of amides is 1. The van der Waals surface area contributed by atoms with Crippen LogP contribution in [0.15, 0.2) is 18.5 Å². The summed E-state index contributed by atoms with van der Waals surface area (Å²) < 4.78 is 1.89. The van der Waals surface area contributed by atoms with Crippen LogP contribution in [0.3, 0.4) is 0 Å². The molecule has 144 valence electrons. The lowest BCUT2D eigenvalue weighted by Gasteiger charge is -2.32. The number of likely N-dealkylation sites (tertiary alicyclic amines) is 1. The number of piperidine rings is 1. The van der Waals surface area contributed by atoms with E-state index in [-0.39, 0.29) is 5.91 Å². The minimum absolute atomic E-state index is 0.220. The van der Waals surface area contributed by atoms with Crippen LogP contribution in [-0.4, -0.2) is 62.1 Å². The summed E-state index contributed by atoms with van der Waals surface area (Å²) in [5.74, 6) is 1.56. The molecular weight excluding hydrogens is 340 g/mol. The molecule has 0 aliphatic carbocycles. The van der Waals surface area contributed by atoms with Crippen LogP contribution in [0.1, 0.15) is 48.0 Å². The lowest BCUT2D eigenvalue weighted by atomic mass is 9.95. The third-order valence-electron chi connectivity index (χ3n) is 5.82. The molecule has 0 saturated carbocycles. The van der Waals surface area contributed by atoms with Crippen molar-refractivity contribution in [3.05, 3.63) is 41.2 Å². The van der Waals surface area contributed by atoms with Gasteiger partial charge in [-0.2, -0.15) is 5.10 Å². The summed E-state index contributed by atoms with van der Waals surface area (Å²) >= 11 is 0. The number of nitrogens with zero attached hydrogens (tertiary/aromatic N) is 6. The number of rotatable bonds is 4. The van der Waals surface area contributed by atoms with Crippen molar-refractivity contribution in [3.8, 4) is 0 Å². The Morgan fingerprint density at radius 2 is 2.07 bits per heavy atom. The zero-order chi connectivity index (χ0) is 18.8. The standard InChI is InChI=1S/C20H28N6O/c1-15-3-8-22-26(15)12-7-19(27)25-10-4-16(5-11-25)20-21-13-17-14-24(2)9-6-18(17)23-20/h3,8,13,16H,4-7,9-12,14H2,1-2H3. The van der Waals surface area contributed by atoms with Gasteiger partial charge in [0.25, 0.3) is 0 Å². The predicted octanol–water partition coefficient (Wildman–Crippen LogP) is 1.77. The molecule has 1 amide bonds. The van der Waals surface area contributed by atoms with Crippen molar-refractivity contribution in [2.45, 2.75) is 51.6 Å². The van der Waals surface area contributed by atoms with Crippen molar-refractivity contribution in [1.29, 1.82) is 0 Å². The first-order valence-electron chi connectivity index (χ1n) is 9.89. The smallest absolute Gasteiger partial charge is 0.224 e. The third kappa shape index (κ3) is 4.03. The summed E-state index contributed by atoms with van der Waals surface area (Å²) in [5.41, 5.74) is 3.57. The van der Waals surface area contributed by atoms with Gasteiger partial charge in [0.15, 0.2) is 0 Å². The minimum atomic E-state index is 0.220. The summed E-state index contributed by atoms with van der Waals surface area (Å²) in [6, 6.07) is 1.96. The number of carbonyl (C=O) groups excluding carboxylic acids is 1. The molecule has 0 unspecified atom stereocenters. The first-order chi connectivity index (χ1) is 13.1. The fraction of sp³-hybridized carbons (Fsp3) is 0.600. The van der Waals surface area contributed by atoms with Crippen molar-refractivity contribution < 1.29 is 4.79 Å². The Hall–Kier alpha value is -2.28. The first kappa shape index (κ1) is 18.1. The molecule has 2 aliphatic rings. The largest absolute Gasteiger partial charge is 0.343 e. The normalized spacial score (nSPS) is 18.5. The highest BCUT2D eigenvalue weighted by Gasteiger charge is 2.26. The molecule has 2 aromatic heterocycles. The molecule has 0 atom stereocenters. The van der Waals surface area contributed by atoms with Crippen LogP contribution in [0.5, 0.6) is 0 Å². The maximum absolute atomic E-state index is 12.5. The highest BCUT2D eigenvalue weighted by molar-refractivity contribution is 5.76. The van der Waals surface area contributed by atoms with E-state index in [2.05, 4.69) is 22.0 Å². The topological polar surface area (TPSA) is 67.2 Å². The molecule has 0 N–H and O–H groups in total. The Kier molecular flexibility index (Phi) is 5.20. The van der Waals surface area contributed by atoms with Gasteiger partial charge in [0.1, 0.15) is 5.82 Å². The van der Waals surface area contributed by atoms with Gasteiger partial charge in [-0.3, -0.25) is 9.48 Å². The van der Waals surface area contributed by atoms with E-state index < -0.39 is 0 Å². The van der Waals surface area contributed by atoms with E-state index in [0.29, 0.717) is 18.9 Å². The van der Waals surface area contributed by atoms with Gasteiger partial charge in [0, 0.05) is 80.8 Å². The Morgan fingerprint density at radius 3 is 2.81 bits per heavy atom. The fourth-order valence-corrected chi connectivity index (χ4v) is 4.05. The van der Waals surface area contributed by atoms with E-state index in [1.54, 1.807) is 6.20 Å². The lowest BCUT2D eigenvalue weighted by molar-refractivity contribution is -0.132. The molecule has 27 heavy (non-hydrogen) atoms. The van der Waals surface area contributed by atoms with E-state index in [1.165, 1.54) is 11.3 Å². The molecule has 0 radical (unpaired) electrons. The number of hydrogen-bond acceptors (Lipinski definition) is 5. The van der Waals surface area contributed by atoms with Gasteiger partial charge in [-0.25, -0.2) is 9.97 Å². The average Bonchev–Trinajstić information content (AvgIpc) is 3.10. The fourth-order valence-electron chi connectivity index (χ4n) is 4.05. The molecule has 7 nitrogen and oxygen atoms in total. The summed E-state index contributed by atoms with van der Waals surface area (Å²) in [4.78, 5) is 26.3. The second kappa shape index (κ2) is 7.76. The Balaban J connectivity index is 1.31. The predicted molar refractivity (Wildman–Crippen MR) is 102 cm³/mol. The Bertz CT molecular complexity index is 809. The summed E-state index contributed by atoms with van der Waals surface area (Å²) in [6.07, 6.45) is 7.21. The van der Waals surface area contributed by atoms with Crippen molar-refractivity contribution in [2.24, 2.45) is 0 Å². The maximum Gasteiger partial charge on any atom is 0.224 e. The van der Waals surface area contributed by atoms with Crippen LogP contribution in [0, 0.1) is 6.92 Å². The quantitative estimate of drug-likeness (QED) is 0.823. The molecule has 7 heteroatoms. The highest BCUT2D eigenvalue weighted by atomic mass is 16.2. The monoisotopic (exact) mass is 368 g/mol. The van der Waals surface area contributed by atoms with Crippen LogP contribution in [0.4, 0.5) is 0 Å². The van der Waals surface area contributed by atoms with Gasteiger partial charge in [-0.1, -0.05) is 0 Å². The summed E-state index contributed by atoms with van der Waals surface area (Å²) in [6.45, 7) is 6.26. The molecule has 0 bridgehead atoms. The second-order valence-corrected chi connectivity index (χ2v) is 7.79. The van der Waals surface area contributed by atoms with E-state index >= 15 is 0 Å². The van der Waals surface area contributed by atoms with Gasteiger partial charge in [0.05, 0.1) is 0 Å². The molecule has 2 aliphatic heterocycles. The molecule has 1 saturated heterocycles. The van der Waals surface area contributed by atoms with Crippen LogP contribution in [0.25, 0.3) is 0 Å². The molecule has 4 rings (SSSR count). The van der Waals surface area contributed by atoms with Gasteiger partial charge in [0.2, 0.25) is 5.91 Å². The second-order valence-electron chi connectivity index (χ2n) is 7.79. The lowest BCUT2D eigenvalue weighted by Crippen LogP contribution is -2.38. The zero-order valence-corrected chi connectivity index (χ0v) is 16.3. The van der Waals surface area contributed by atoms with Crippen LogP contribution < -0.4 is 0 Å². The van der Waals surface area contributed by atoms with Gasteiger partial charge >= 0.3 is 0 Å². The number of aryl methyl sites for hydroxylation is 2. The average molecular weight is 368 g/mol. The van der Waals surface area contributed by atoms with Crippen LogP contribution >= 0.6 is 0 Å². The molecule has 0 spiro atoms. The van der Waals surface area contributed by atoms with Crippen molar-refractivity contribution in [3.63, 3.8) is 0 Å². The molecular formula is C20H28N6O. The van der Waals surface area contributed by atoms with E-state index in [1.807, 2.05) is 28.8 Å². The Morgan fingerprint density at radius 1 is 1.26 bits per heavy atom.